The highest BCUT2D eigenvalue weighted by molar-refractivity contribution is 6.31. The fraction of sp³-hybridized carbons (Fsp3) is 0.562. The minimum absolute atomic E-state index is 0.150. The maximum Gasteiger partial charge on any atom is 0.228 e. The van der Waals surface area contributed by atoms with E-state index in [1.54, 1.807) is 25.3 Å². The van der Waals surface area contributed by atoms with Gasteiger partial charge in [-0.3, -0.25) is 4.79 Å². The standard InChI is InChI=1S/C16H18ClNO2/c1-20-12-5-4-10(17)7-11(12)18-16(19)15-13-8-2-3-9(6-8)14(13)15/h4-5,7-9,13-15H,2-3,6H2,1H3,(H,18,19). The zero-order valence-electron chi connectivity index (χ0n) is 11.4. The molecule has 0 saturated heterocycles. The van der Waals surface area contributed by atoms with Crippen LogP contribution in [0.15, 0.2) is 18.2 Å². The number of ether oxygens (including phenoxy) is 1. The first-order valence-electron chi connectivity index (χ1n) is 7.33. The number of halogens is 1. The van der Waals surface area contributed by atoms with Crippen LogP contribution in [0.25, 0.3) is 0 Å². The number of nitrogens with one attached hydrogen (secondary N) is 1. The van der Waals surface area contributed by atoms with Crippen LogP contribution in [0.5, 0.6) is 5.75 Å². The van der Waals surface area contributed by atoms with Crippen LogP contribution >= 0.6 is 11.6 Å². The van der Waals surface area contributed by atoms with E-state index in [0.717, 1.165) is 11.8 Å². The lowest BCUT2D eigenvalue weighted by Crippen LogP contribution is -2.19. The summed E-state index contributed by atoms with van der Waals surface area (Å²) in [5, 5.41) is 3.62. The monoisotopic (exact) mass is 291 g/mol. The van der Waals surface area contributed by atoms with Gasteiger partial charge in [-0.15, -0.1) is 0 Å². The first-order valence-corrected chi connectivity index (χ1v) is 7.71. The van der Waals surface area contributed by atoms with E-state index in [4.69, 9.17) is 16.3 Å². The zero-order valence-corrected chi connectivity index (χ0v) is 12.2. The summed E-state index contributed by atoms with van der Waals surface area (Å²) < 4.78 is 5.28. The maximum atomic E-state index is 12.5. The van der Waals surface area contributed by atoms with E-state index in [2.05, 4.69) is 5.32 Å². The Morgan fingerprint density at radius 3 is 2.65 bits per heavy atom. The SMILES string of the molecule is COc1ccc(Cl)cc1NC(=O)C1C2C3CCC(C3)C12. The Bertz CT molecular complexity index is 558. The molecular formula is C16H18ClNO2. The molecule has 3 fully saturated rings. The molecule has 4 rings (SSSR count). The second-order valence-electron chi connectivity index (χ2n) is 6.35. The number of fused-ring (bicyclic) bond motifs is 5. The van der Waals surface area contributed by atoms with Crippen molar-refractivity contribution in [1.82, 2.24) is 0 Å². The number of hydrogen-bond donors (Lipinski definition) is 1. The average molecular weight is 292 g/mol. The Balaban J connectivity index is 1.50. The quantitative estimate of drug-likeness (QED) is 0.924. The van der Waals surface area contributed by atoms with Crippen LogP contribution in [0.2, 0.25) is 5.02 Å². The topological polar surface area (TPSA) is 38.3 Å². The number of carbonyl (C=O) groups is 1. The van der Waals surface area contributed by atoms with Crippen molar-refractivity contribution >= 4 is 23.2 Å². The fourth-order valence-corrected chi connectivity index (χ4v) is 4.84. The van der Waals surface area contributed by atoms with Crippen LogP contribution in [-0.4, -0.2) is 13.0 Å². The van der Waals surface area contributed by atoms with E-state index in [-0.39, 0.29) is 11.8 Å². The number of rotatable bonds is 3. The van der Waals surface area contributed by atoms with E-state index in [9.17, 15) is 4.79 Å². The summed E-state index contributed by atoms with van der Waals surface area (Å²) in [6.07, 6.45) is 4.02. The van der Waals surface area contributed by atoms with Crippen molar-refractivity contribution in [2.45, 2.75) is 19.3 Å². The van der Waals surface area contributed by atoms with Crippen molar-refractivity contribution in [3.63, 3.8) is 0 Å². The molecule has 3 aliphatic rings. The molecule has 0 aromatic heterocycles. The third-order valence-corrected chi connectivity index (χ3v) is 5.69. The average Bonchev–Trinajstić information content (AvgIpc) is 2.88. The van der Waals surface area contributed by atoms with Crippen LogP contribution < -0.4 is 10.1 Å². The maximum absolute atomic E-state index is 12.5. The summed E-state index contributed by atoms with van der Waals surface area (Å²) in [5.41, 5.74) is 0.683. The van der Waals surface area contributed by atoms with Crippen LogP contribution in [0, 0.1) is 29.6 Å². The van der Waals surface area contributed by atoms with Gasteiger partial charge < -0.3 is 10.1 Å². The smallest absolute Gasteiger partial charge is 0.228 e. The van der Waals surface area contributed by atoms with Crippen molar-refractivity contribution in [3.8, 4) is 5.75 Å². The molecule has 106 valence electrons. The largest absolute Gasteiger partial charge is 0.495 e. The van der Waals surface area contributed by atoms with Gasteiger partial charge in [0.05, 0.1) is 12.8 Å². The molecule has 3 saturated carbocycles. The first kappa shape index (κ1) is 12.5. The van der Waals surface area contributed by atoms with Crippen molar-refractivity contribution in [2.75, 3.05) is 12.4 Å². The Morgan fingerprint density at radius 1 is 1.30 bits per heavy atom. The summed E-state index contributed by atoms with van der Waals surface area (Å²) in [4.78, 5) is 12.5. The lowest BCUT2D eigenvalue weighted by atomic mass is 10.0. The van der Waals surface area contributed by atoms with Crippen molar-refractivity contribution in [2.24, 2.45) is 29.6 Å². The van der Waals surface area contributed by atoms with Gasteiger partial charge in [-0.1, -0.05) is 11.6 Å². The molecule has 20 heavy (non-hydrogen) atoms. The molecule has 0 radical (unpaired) electrons. The van der Waals surface area contributed by atoms with Gasteiger partial charge in [-0.25, -0.2) is 0 Å². The van der Waals surface area contributed by atoms with Crippen LogP contribution in [0.4, 0.5) is 5.69 Å². The molecule has 1 aromatic rings. The highest BCUT2D eigenvalue weighted by Crippen LogP contribution is 2.69. The summed E-state index contributed by atoms with van der Waals surface area (Å²) >= 11 is 6.00. The number of anilines is 1. The van der Waals surface area contributed by atoms with Crippen molar-refractivity contribution in [3.05, 3.63) is 23.2 Å². The summed E-state index contributed by atoms with van der Waals surface area (Å²) in [6.45, 7) is 0. The van der Waals surface area contributed by atoms with Gasteiger partial charge >= 0.3 is 0 Å². The van der Waals surface area contributed by atoms with E-state index < -0.39 is 0 Å². The predicted molar refractivity (Wildman–Crippen MR) is 77.9 cm³/mol. The fourth-order valence-electron chi connectivity index (χ4n) is 4.67. The first-order chi connectivity index (χ1) is 9.69. The highest BCUT2D eigenvalue weighted by atomic mass is 35.5. The number of methoxy groups -OCH3 is 1. The minimum atomic E-state index is 0.150. The van der Waals surface area contributed by atoms with Crippen LogP contribution in [0.1, 0.15) is 19.3 Å². The molecule has 3 nitrogen and oxygen atoms in total. The van der Waals surface area contributed by atoms with Crippen LogP contribution in [-0.2, 0) is 4.79 Å². The summed E-state index contributed by atoms with van der Waals surface area (Å²) in [7, 11) is 1.60. The molecular weight excluding hydrogens is 274 g/mol. The van der Waals surface area contributed by atoms with Crippen molar-refractivity contribution < 1.29 is 9.53 Å². The van der Waals surface area contributed by atoms with Gasteiger partial charge in [0.1, 0.15) is 5.75 Å². The Labute approximate surface area is 123 Å². The third kappa shape index (κ3) is 1.76. The molecule has 1 amide bonds. The van der Waals surface area contributed by atoms with Crippen LogP contribution in [0.3, 0.4) is 0 Å². The van der Waals surface area contributed by atoms with Crippen molar-refractivity contribution in [1.29, 1.82) is 0 Å². The predicted octanol–water partition coefficient (Wildman–Crippen LogP) is 3.58. The molecule has 4 heteroatoms. The van der Waals surface area contributed by atoms with E-state index in [0.29, 0.717) is 28.3 Å². The number of hydrogen-bond acceptors (Lipinski definition) is 2. The molecule has 0 heterocycles. The molecule has 1 N–H and O–H groups in total. The normalized spacial score (nSPS) is 36.6. The van der Waals surface area contributed by atoms with Gasteiger partial charge in [-0.05, 0) is 61.1 Å². The molecule has 3 aliphatic carbocycles. The van der Waals surface area contributed by atoms with E-state index in [1.807, 2.05) is 0 Å². The third-order valence-electron chi connectivity index (χ3n) is 5.46. The second-order valence-corrected chi connectivity index (χ2v) is 6.78. The van der Waals surface area contributed by atoms with Gasteiger partial charge in [0, 0.05) is 10.9 Å². The molecule has 0 spiro atoms. The number of benzene rings is 1. The molecule has 4 unspecified atom stereocenters. The van der Waals surface area contributed by atoms with Gasteiger partial charge in [0.25, 0.3) is 0 Å². The van der Waals surface area contributed by atoms with E-state index in [1.165, 1.54) is 19.3 Å². The Kier molecular flexibility index (Phi) is 2.75. The Hall–Kier alpha value is -1.22. The summed E-state index contributed by atoms with van der Waals surface area (Å²) in [5.74, 6) is 3.96. The van der Waals surface area contributed by atoms with Gasteiger partial charge in [0.2, 0.25) is 5.91 Å². The zero-order chi connectivity index (χ0) is 13.9. The van der Waals surface area contributed by atoms with E-state index >= 15 is 0 Å². The lowest BCUT2D eigenvalue weighted by Gasteiger charge is -2.12. The van der Waals surface area contributed by atoms with Gasteiger partial charge in [0.15, 0.2) is 0 Å². The number of carbonyl (C=O) groups excluding carboxylic acids is 1. The second kappa shape index (κ2) is 4.39. The highest BCUT2D eigenvalue weighted by Gasteiger charge is 2.67. The Morgan fingerprint density at radius 2 is 2.00 bits per heavy atom. The molecule has 4 atom stereocenters. The van der Waals surface area contributed by atoms with Gasteiger partial charge in [-0.2, -0.15) is 0 Å². The molecule has 2 bridgehead atoms. The minimum Gasteiger partial charge on any atom is -0.495 e. The lowest BCUT2D eigenvalue weighted by molar-refractivity contribution is -0.118. The summed E-state index contributed by atoms with van der Waals surface area (Å²) in [6, 6.07) is 5.31. The number of amides is 1. The molecule has 1 aromatic carbocycles. The molecule has 0 aliphatic heterocycles.